The Morgan fingerprint density at radius 2 is 1.87 bits per heavy atom. The van der Waals surface area contributed by atoms with Gasteiger partial charge in [0.05, 0.1) is 28.1 Å². The normalized spacial score (nSPS) is 23.8. The molecule has 0 saturated heterocycles. The van der Waals surface area contributed by atoms with Crippen LogP contribution >= 0.6 is 0 Å². The van der Waals surface area contributed by atoms with Crippen LogP contribution in [-0.4, -0.2) is 24.6 Å². The Morgan fingerprint density at radius 3 is 2.67 bits per heavy atom. The van der Waals surface area contributed by atoms with Crippen molar-refractivity contribution in [3.8, 4) is 11.3 Å². The van der Waals surface area contributed by atoms with Crippen LogP contribution in [0.15, 0.2) is 48.9 Å². The molecule has 2 atom stereocenters. The summed E-state index contributed by atoms with van der Waals surface area (Å²) in [4.78, 5) is 9.19. The molecule has 6 rings (SSSR count). The van der Waals surface area contributed by atoms with Gasteiger partial charge in [0.15, 0.2) is 0 Å². The molecular formula is C23H19F2N5. The summed E-state index contributed by atoms with van der Waals surface area (Å²) in [5.74, 6) is -0.400. The van der Waals surface area contributed by atoms with Crippen molar-refractivity contribution in [3.63, 3.8) is 0 Å². The zero-order valence-corrected chi connectivity index (χ0v) is 16.6. The smallest absolute Gasteiger partial charge is 0.233 e. The molecule has 3 aromatic heterocycles. The predicted molar refractivity (Wildman–Crippen MR) is 107 cm³/mol. The van der Waals surface area contributed by atoms with E-state index in [1.807, 2.05) is 28.9 Å². The molecule has 7 heteroatoms. The molecule has 2 aliphatic rings. The van der Waals surface area contributed by atoms with E-state index in [0.29, 0.717) is 5.78 Å². The maximum Gasteiger partial charge on any atom is 0.233 e. The van der Waals surface area contributed by atoms with Crippen molar-refractivity contribution in [2.24, 2.45) is 5.41 Å². The third-order valence-corrected chi connectivity index (χ3v) is 7.30. The van der Waals surface area contributed by atoms with Crippen molar-refractivity contribution in [1.82, 2.24) is 24.6 Å². The molecule has 3 heterocycles. The summed E-state index contributed by atoms with van der Waals surface area (Å²) in [5.41, 5.74) is 2.36. The second-order valence-electron chi connectivity index (χ2n) is 8.80. The van der Waals surface area contributed by atoms with Crippen LogP contribution in [0.4, 0.5) is 8.78 Å². The summed E-state index contributed by atoms with van der Waals surface area (Å²) in [7, 11) is 0. The summed E-state index contributed by atoms with van der Waals surface area (Å²) in [6, 6.07) is 7.70. The Hall–Kier alpha value is -3.22. The topological polar surface area (TPSA) is 56.0 Å². The van der Waals surface area contributed by atoms with Gasteiger partial charge in [-0.25, -0.2) is 18.7 Å². The van der Waals surface area contributed by atoms with Crippen LogP contribution in [0, 0.1) is 17.0 Å². The van der Waals surface area contributed by atoms with Gasteiger partial charge in [-0.2, -0.15) is 5.10 Å². The summed E-state index contributed by atoms with van der Waals surface area (Å²) in [6.45, 7) is 4.46. The minimum Gasteiger partial charge on any atom is -0.291 e. The average molecular weight is 403 g/mol. The number of aromatic nitrogens is 5. The highest BCUT2D eigenvalue weighted by Crippen LogP contribution is 2.69. The van der Waals surface area contributed by atoms with Crippen molar-refractivity contribution in [1.29, 1.82) is 0 Å². The Kier molecular flexibility index (Phi) is 3.34. The molecule has 2 bridgehead atoms. The quantitative estimate of drug-likeness (QED) is 0.488. The van der Waals surface area contributed by atoms with Gasteiger partial charge in [-0.05, 0) is 54.0 Å². The molecule has 0 aliphatic heterocycles. The van der Waals surface area contributed by atoms with Gasteiger partial charge < -0.3 is 0 Å². The Bertz CT molecular complexity index is 1310. The molecule has 2 aliphatic carbocycles. The SMILES string of the molecule is CC1(C)[C@H]2CC[C@]1(c1ccn3ccnc3n1)c1nnc(-c3c(F)cccc3F)cc12. The van der Waals surface area contributed by atoms with Crippen molar-refractivity contribution in [3.05, 3.63) is 77.5 Å². The van der Waals surface area contributed by atoms with E-state index in [2.05, 4.69) is 29.0 Å². The monoisotopic (exact) mass is 403 g/mol. The van der Waals surface area contributed by atoms with Crippen molar-refractivity contribution in [2.75, 3.05) is 0 Å². The third kappa shape index (κ3) is 2.00. The minimum atomic E-state index is -0.632. The van der Waals surface area contributed by atoms with Crippen molar-refractivity contribution >= 4 is 5.78 Å². The average Bonchev–Trinajstić information content (AvgIpc) is 3.35. The van der Waals surface area contributed by atoms with Gasteiger partial charge in [0.1, 0.15) is 11.6 Å². The molecule has 0 unspecified atom stereocenters. The highest BCUT2D eigenvalue weighted by molar-refractivity contribution is 5.64. The second-order valence-corrected chi connectivity index (χ2v) is 8.80. The lowest BCUT2D eigenvalue weighted by Gasteiger charge is -2.37. The number of benzene rings is 1. The maximum atomic E-state index is 14.4. The summed E-state index contributed by atoms with van der Waals surface area (Å²) in [5, 5.41) is 8.83. The maximum absolute atomic E-state index is 14.4. The van der Waals surface area contributed by atoms with Gasteiger partial charge in [0, 0.05) is 18.6 Å². The zero-order valence-electron chi connectivity index (χ0n) is 16.6. The van der Waals surface area contributed by atoms with E-state index in [9.17, 15) is 8.78 Å². The van der Waals surface area contributed by atoms with Gasteiger partial charge in [-0.3, -0.25) is 4.40 Å². The third-order valence-electron chi connectivity index (χ3n) is 7.30. The first-order chi connectivity index (χ1) is 14.4. The van der Waals surface area contributed by atoms with Crippen LogP contribution in [0.5, 0.6) is 0 Å². The summed E-state index contributed by atoms with van der Waals surface area (Å²) >= 11 is 0. The van der Waals surface area contributed by atoms with Gasteiger partial charge in [-0.1, -0.05) is 19.9 Å². The molecule has 1 fully saturated rings. The first-order valence-corrected chi connectivity index (χ1v) is 10.1. The molecule has 150 valence electrons. The Balaban J connectivity index is 1.58. The standard InChI is InChI=1S/C23H19F2N5/c1-22(2)14-6-8-23(22,18-7-10-30-11-9-26-21(30)27-18)20-13(14)12-17(28-29-20)19-15(24)4-3-5-16(19)25/h3-5,7,9-12,14H,6,8H2,1-2H3/t14-,23-/m0/s1. The van der Waals surface area contributed by atoms with E-state index in [-0.39, 0.29) is 22.6 Å². The molecule has 4 aromatic rings. The number of hydrogen-bond acceptors (Lipinski definition) is 4. The first kappa shape index (κ1) is 17.6. The van der Waals surface area contributed by atoms with Crippen molar-refractivity contribution < 1.29 is 8.78 Å². The van der Waals surface area contributed by atoms with Crippen LogP contribution < -0.4 is 0 Å². The molecule has 0 radical (unpaired) electrons. The van der Waals surface area contributed by atoms with E-state index in [1.165, 1.54) is 18.2 Å². The number of hydrogen-bond donors (Lipinski definition) is 0. The number of fused-ring (bicyclic) bond motifs is 6. The van der Waals surface area contributed by atoms with Crippen LogP contribution in [0.25, 0.3) is 17.0 Å². The Morgan fingerprint density at radius 1 is 1.07 bits per heavy atom. The lowest BCUT2D eigenvalue weighted by molar-refractivity contribution is 0.243. The first-order valence-electron chi connectivity index (χ1n) is 10.1. The zero-order chi connectivity index (χ0) is 20.7. The van der Waals surface area contributed by atoms with Gasteiger partial charge >= 0.3 is 0 Å². The van der Waals surface area contributed by atoms with Crippen LogP contribution in [0.1, 0.15) is 49.6 Å². The number of imidazole rings is 1. The van der Waals surface area contributed by atoms with Crippen molar-refractivity contribution in [2.45, 2.75) is 38.0 Å². The van der Waals surface area contributed by atoms with Crippen LogP contribution in [-0.2, 0) is 5.41 Å². The van der Waals surface area contributed by atoms with Gasteiger partial charge in [0.2, 0.25) is 5.78 Å². The number of nitrogens with zero attached hydrogens (tertiary/aromatic N) is 5. The molecule has 30 heavy (non-hydrogen) atoms. The fourth-order valence-electron chi connectivity index (χ4n) is 5.80. The highest BCUT2D eigenvalue weighted by Gasteiger charge is 2.65. The van der Waals surface area contributed by atoms with E-state index >= 15 is 0 Å². The lowest BCUT2D eigenvalue weighted by Crippen LogP contribution is -2.38. The molecule has 0 amide bonds. The van der Waals surface area contributed by atoms with E-state index in [0.717, 1.165) is 29.8 Å². The molecule has 5 nitrogen and oxygen atoms in total. The minimum absolute atomic E-state index is 0.126. The van der Waals surface area contributed by atoms with E-state index < -0.39 is 17.0 Å². The largest absolute Gasteiger partial charge is 0.291 e. The fraction of sp³-hybridized carbons (Fsp3) is 0.304. The summed E-state index contributed by atoms with van der Waals surface area (Å²) < 4.78 is 30.6. The van der Waals surface area contributed by atoms with Gasteiger partial charge in [0.25, 0.3) is 0 Å². The van der Waals surface area contributed by atoms with Crippen LogP contribution in [0.2, 0.25) is 0 Å². The predicted octanol–water partition coefficient (Wildman–Crippen LogP) is 4.67. The summed E-state index contributed by atoms with van der Waals surface area (Å²) in [6.07, 6.45) is 7.43. The molecule has 1 aromatic carbocycles. The van der Waals surface area contributed by atoms with E-state index in [1.54, 1.807) is 6.20 Å². The second kappa shape index (κ2) is 5.68. The molecule has 0 spiro atoms. The fourth-order valence-corrected chi connectivity index (χ4v) is 5.80. The Labute approximate surface area is 171 Å². The lowest BCUT2D eigenvalue weighted by atomic mass is 9.66. The molecule has 0 N–H and O–H groups in total. The molecular weight excluding hydrogens is 384 g/mol. The van der Waals surface area contributed by atoms with Crippen LogP contribution in [0.3, 0.4) is 0 Å². The molecule has 1 saturated carbocycles. The van der Waals surface area contributed by atoms with Gasteiger partial charge in [-0.15, -0.1) is 5.10 Å². The number of rotatable bonds is 2. The highest BCUT2D eigenvalue weighted by atomic mass is 19.1. The van der Waals surface area contributed by atoms with E-state index in [4.69, 9.17) is 4.98 Å². The number of halogens is 2.